The number of amides is 1. The lowest BCUT2D eigenvalue weighted by Crippen LogP contribution is -2.24. The maximum absolute atomic E-state index is 14.6. The van der Waals surface area contributed by atoms with Crippen LogP contribution >= 0.6 is 0 Å². The maximum Gasteiger partial charge on any atom is 0.414 e. The number of halogens is 1. The van der Waals surface area contributed by atoms with Gasteiger partial charge >= 0.3 is 6.09 Å². The van der Waals surface area contributed by atoms with Crippen LogP contribution in [0.1, 0.15) is 13.3 Å². The summed E-state index contributed by atoms with van der Waals surface area (Å²) < 4.78 is 21.4. The molecule has 2 aromatic heterocycles. The molecule has 1 aliphatic heterocycles. The number of pyridine rings is 1. The highest BCUT2D eigenvalue weighted by atomic mass is 19.1. The van der Waals surface area contributed by atoms with Crippen molar-refractivity contribution >= 4 is 17.4 Å². The summed E-state index contributed by atoms with van der Waals surface area (Å²) in [5.74, 6) is -0.399. The van der Waals surface area contributed by atoms with E-state index in [2.05, 4.69) is 10.1 Å². The van der Waals surface area contributed by atoms with Gasteiger partial charge in [0.05, 0.1) is 12.2 Å². The van der Waals surface area contributed by atoms with Crippen molar-refractivity contribution in [3.8, 4) is 11.1 Å². The molecule has 1 saturated heterocycles. The van der Waals surface area contributed by atoms with Gasteiger partial charge < -0.3 is 4.74 Å². The van der Waals surface area contributed by atoms with E-state index < -0.39 is 11.9 Å². The summed E-state index contributed by atoms with van der Waals surface area (Å²) in [5, 5.41) is 4.02. The number of fused-ring (bicyclic) bond motifs is 1. The maximum atomic E-state index is 14.6. The van der Waals surface area contributed by atoms with Crippen LogP contribution in [0.2, 0.25) is 0 Å². The number of carbonyl (C=O) groups is 1. The molecule has 0 aliphatic carbocycles. The fourth-order valence-corrected chi connectivity index (χ4v) is 2.83. The summed E-state index contributed by atoms with van der Waals surface area (Å²) in [5.41, 5.74) is 2.30. The van der Waals surface area contributed by atoms with Crippen LogP contribution in [-0.4, -0.2) is 33.3 Å². The number of cyclic esters (lactones) is 1. The lowest BCUT2D eigenvalue weighted by atomic mass is 10.1. The van der Waals surface area contributed by atoms with Gasteiger partial charge in [-0.2, -0.15) is 5.10 Å². The van der Waals surface area contributed by atoms with Crippen LogP contribution in [0, 0.1) is 5.82 Å². The molecular formula is C17H15FN4O2. The summed E-state index contributed by atoms with van der Waals surface area (Å²) in [6, 6.07) is 8.30. The summed E-state index contributed by atoms with van der Waals surface area (Å²) in [4.78, 5) is 17.5. The summed E-state index contributed by atoms with van der Waals surface area (Å²) in [7, 11) is 0. The second kappa shape index (κ2) is 5.59. The van der Waals surface area contributed by atoms with Crippen molar-refractivity contribution in [3.63, 3.8) is 0 Å². The van der Waals surface area contributed by atoms with Gasteiger partial charge in [0.1, 0.15) is 18.2 Å². The highest BCUT2D eigenvalue weighted by Gasteiger charge is 2.31. The number of ether oxygens (including phenoxy) is 1. The molecule has 7 heteroatoms. The molecule has 1 unspecified atom stereocenters. The Labute approximate surface area is 137 Å². The van der Waals surface area contributed by atoms with E-state index in [0.29, 0.717) is 29.0 Å². The van der Waals surface area contributed by atoms with Crippen molar-refractivity contribution in [2.75, 3.05) is 11.4 Å². The Hall–Kier alpha value is -2.96. The Bertz CT molecular complexity index is 924. The van der Waals surface area contributed by atoms with Gasteiger partial charge in [0, 0.05) is 11.8 Å². The van der Waals surface area contributed by atoms with Crippen LogP contribution in [0.5, 0.6) is 0 Å². The second-order valence-electron chi connectivity index (χ2n) is 5.67. The molecule has 1 fully saturated rings. The number of aromatic nitrogens is 3. The minimum absolute atomic E-state index is 0.143. The average Bonchev–Trinajstić information content (AvgIpc) is 3.20. The zero-order valence-electron chi connectivity index (χ0n) is 13.0. The van der Waals surface area contributed by atoms with Crippen LogP contribution in [0.25, 0.3) is 16.8 Å². The van der Waals surface area contributed by atoms with Gasteiger partial charge in [-0.05, 0) is 42.3 Å². The van der Waals surface area contributed by atoms with Crippen molar-refractivity contribution in [2.45, 2.75) is 19.4 Å². The molecule has 0 bridgehead atoms. The van der Waals surface area contributed by atoms with Gasteiger partial charge in [-0.3, -0.25) is 4.90 Å². The SMILES string of the molecule is CCC1CN(c2ccc(-c3ccn4ncnc4c3)c(F)c2)C(=O)O1. The molecule has 0 saturated carbocycles. The third-order valence-corrected chi connectivity index (χ3v) is 4.19. The van der Waals surface area contributed by atoms with Gasteiger partial charge in [0.15, 0.2) is 5.65 Å². The molecule has 1 aliphatic rings. The van der Waals surface area contributed by atoms with Crippen molar-refractivity contribution in [1.82, 2.24) is 14.6 Å². The van der Waals surface area contributed by atoms with Crippen LogP contribution in [0.3, 0.4) is 0 Å². The molecule has 24 heavy (non-hydrogen) atoms. The highest BCUT2D eigenvalue weighted by molar-refractivity contribution is 5.90. The molecule has 4 rings (SSSR count). The molecule has 1 atom stereocenters. The van der Waals surface area contributed by atoms with Crippen molar-refractivity contribution in [3.05, 3.63) is 48.7 Å². The highest BCUT2D eigenvalue weighted by Crippen LogP contribution is 2.29. The minimum Gasteiger partial charge on any atom is -0.444 e. The van der Waals surface area contributed by atoms with E-state index in [4.69, 9.17) is 4.74 Å². The average molecular weight is 326 g/mol. The monoisotopic (exact) mass is 326 g/mol. The van der Waals surface area contributed by atoms with E-state index in [1.165, 1.54) is 17.3 Å². The molecule has 0 N–H and O–H groups in total. The van der Waals surface area contributed by atoms with E-state index in [1.54, 1.807) is 35.0 Å². The quantitative estimate of drug-likeness (QED) is 0.741. The summed E-state index contributed by atoms with van der Waals surface area (Å²) in [6.07, 6.45) is 3.34. The second-order valence-corrected chi connectivity index (χ2v) is 5.67. The lowest BCUT2D eigenvalue weighted by Gasteiger charge is -2.14. The van der Waals surface area contributed by atoms with E-state index in [-0.39, 0.29) is 6.10 Å². The van der Waals surface area contributed by atoms with Crippen molar-refractivity contribution < 1.29 is 13.9 Å². The molecule has 3 aromatic rings. The first-order valence-electron chi connectivity index (χ1n) is 7.73. The fraction of sp³-hybridized carbons (Fsp3) is 0.235. The predicted molar refractivity (Wildman–Crippen MR) is 86.3 cm³/mol. The van der Waals surface area contributed by atoms with Gasteiger partial charge in [0.2, 0.25) is 0 Å². The third kappa shape index (κ3) is 2.38. The Kier molecular flexibility index (Phi) is 3.41. The zero-order chi connectivity index (χ0) is 16.7. The number of benzene rings is 1. The van der Waals surface area contributed by atoms with Gasteiger partial charge in [-0.1, -0.05) is 6.92 Å². The zero-order valence-corrected chi connectivity index (χ0v) is 13.0. The molecule has 0 radical (unpaired) electrons. The molecule has 3 heterocycles. The van der Waals surface area contributed by atoms with Crippen LogP contribution in [-0.2, 0) is 4.74 Å². The van der Waals surface area contributed by atoms with E-state index in [9.17, 15) is 9.18 Å². The number of hydrogen-bond acceptors (Lipinski definition) is 4. The first kappa shape index (κ1) is 14.6. The van der Waals surface area contributed by atoms with E-state index >= 15 is 0 Å². The minimum atomic E-state index is -0.432. The molecule has 1 aromatic carbocycles. The fourth-order valence-electron chi connectivity index (χ4n) is 2.83. The first-order valence-corrected chi connectivity index (χ1v) is 7.73. The van der Waals surface area contributed by atoms with Gasteiger partial charge in [-0.25, -0.2) is 18.7 Å². The standard InChI is InChI=1S/C17H15FN4O2/c1-2-13-9-21(17(23)24-13)12-3-4-14(15(18)8-12)11-5-6-22-16(7-11)19-10-20-22/h3-8,10,13H,2,9H2,1H3. The number of nitrogens with zero attached hydrogens (tertiary/aromatic N) is 4. The Morgan fingerprint density at radius 3 is 2.96 bits per heavy atom. The largest absolute Gasteiger partial charge is 0.444 e. The normalized spacial score (nSPS) is 17.5. The molecule has 0 spiro atoms. The van der Waals surface area contributed by atoms with Crippen LogP contribution < -0.4 is 4.90 Å². The Morgan fingerprint density at radius 2 is 2.21 bits per heavy atom. The Balaban J connectivity index is 1.68. The van der Waals surface area contributed by atoms with Gasteiger partial charge in [0.25, 0.3) is 0 Å². The van der Waals surface area contributed by atoms with Crippen LogP contribution in [0.4, 0.5) is 14.9 Å². The predicted octanol–water partition coefficient (Wildman–Crippen LogP) is 3.27. The van der Waals surface area contributed by atoms with E-state index in [1.807, 2.05) is 6.92 Å². The Morgan fingerprint density at radius 1 is 1.33 bits per heavy atom. The van der Waals surface area contributed by atoms with Crippen molar-refractivity contribution in [2.24, 2.45) is 0 Å². The molecule has 122 valence electrons. The first-order chi connectivity index (χ1) is 11.7. The topological polar surface area (TPSA) is 59.7 Å². The number of hydrogen-bond donors (Lipinski definition) is 0. The number of rotatable bonds is 3. The van der Waals surface area contributed by atoms with Crippen molar-refractivity contribution in [1.29, 1.82) is 0 Å². The lowest BCUT2D eigenvalue weighted by molar-refractivity contribution is 0.139. The molecule has 1 amide bonds. The number of carbonyl (C=O) groups excluding carboxylic acids is 1. The molecule has 6 nitrogen and oxygen atoms in total. The molecular weight excluding hydrogens is 311 g/mol. The van der Waals surface area contributed by atoms with Crippen LogP contribution in [0.15, 0.2) is 42.9 Å². The summed E-state index contributed by atoms with van der Waals surface area (Å²) >= 11 is 0. The van der Waals surface area contributed by atoms with Gasteiger partial charge in [-0.15, -0.1) is 0 Å². The third-order valence-electron chi connectivity index (χ3n) is 4.19. The van der Waals surface area contributed by atoms with E-state index in [0.717, 1.165) is 6.42 Å². The summed E-state index contributed by atoms with van der Waals surface area (Å²) in [6.45, 7) is 2.39. The smallest absolute Gasteiger partial charge is 0.414 e. The number of anilines is 1.